The highest BCUT2D eigenvalue weighted by Gasteiger charge is 2.23. The summed E-state index contributed by atoms with van der Waals surface area (Å²) in [6, 6.07) is 10.3. The van der Waals surface area contributed by atoms with E-state index in [0.29, 0.717) is 12.1 Å². The lowest BCUT2D eigenvalue weighted by Gasteiger charge is -2.07. The van der Waals surface area contributed by atoms with E-state index in [1.54, 1.807) is 0 Å². The van der Waals surface area contributed by atoms with Crippen molar-refractivity contribution in [2.45, 2.75) is 32.3 Å². The van der Waals surface area contributed by atoms with Crippen molar-refractivity contribution < 1.29 is 9.63 Å². The van der Waals surface area contributed by atoms with Crippen LogP contribution in [0.5, 0.6) is 0 Å². The number of rotatable bonds is 4. The molecule has 0 fully saturated rings. The maximum Gasteiger partial charge on any atom is 0.177 e. The molecule has 1 heterocycles. The molecule has 1 unspecified atom stereocenters. The molecule has 2 rings (SSSR count). The van der Waals surface area contributed by atoms with E-state index >= 15 is 0 Å². The molecule has 0 spiro atoms. The molecule has 0 aliphatic carbocycles. The van der Waals surface area contributed by atoms with Crippen LogP contribution >= 0.6 is 0 Å². The SMILES string of the molecule is CC(=O)C1=NOC(CCc2ccccc2)C1. The molecule has 0 aromatic heterocycles. The number of hydrogen-bond donors (Lipinski definition) is 0. The molecule has 0 saturated carbocycles. The quantitative estimate of drug-likeness (QED) is 0.776. The molecule has 0 bridgehead atoms. The number of Topliss-reactive ketones (excluding diaryl/α,β-unsaturated/α-hetero) is 1. The van der Waals surface area contributed by atoms with Gasteiger partial charge in [0.2, 0.25) is 0 Å². The van der Waals surface area contributed by atoms with E-state index < -0.39 is 0 Å². The normalized spacial score (nSPS) is 19.1. The third-order valence-electron chi connectivity index (χ3n) is 2.74. The van der Waals surface area contributed by atoms with E-state index in [1.165, 1.54) is 12.5 Å². The molecular weight excluding hydrogens is 202 g/mol. The topological polar surface area (TPSA) is 38.7 Å². The van der Waals surface area contributed by atoms with Crippen molar-refractivity contribution >= 4 is 11.5 Å². The second-order valence-electron chi connectivity index (χ2n) is 4.05. The molecule has 3 nitrogen and oxygen atoms in total. The fourth-order valence-electron chi connectivity index (χ4n) is 1.76. The lowest BCUT2D eigenvalue weighted by molar-refractivity contribution is -0.111. The molecule has 1 aromatic rings. The van der Waals surface area contributed by atoms with E-state index in [9.17, 15) is 4.79 Å². The second kappa shape index (κ2) is 4.92. The van der Waals surface area contributed by atoms with Gasteiger partial charge in [-0.25, -0.2) is 0 Å². The third-order valence-corrected chi connectivity index (χ3v) is 2.74. The Kier molecular flexibility index (Phi) is 3.34. The lowest BCUT2D eigenvalue weighted by atomic mass is 10.0. The van der Waals surface area contributed by atoms with Gasteiger partial charge in [0.1, 0.15) is 11.8 Å². The zero-order valence-corrected chi connectivity index (χ0v) is 9.35. The first-order valence-electron chi connectivity index (χ1n) is 5.53. The third kappa shape index (κ3) is 2.69. The van der Waals surface area contributed by atoms with Gasteiger partial charge in [0, 0.05) is 13.3 Å². The molecule has 1 atom stereocenters. The summed E-state index contributed by atoms with van der Waals surface area (Å²) in [5.74, 6) is 0.0159. The average Bonchev–Trinajstić information content (AvgIpc) is 2.76. The lowest BCUT2D eigenvalue weighted by Crippen LogP contribution is -2.13. The predicted molar refractivity (Wildman–Crippen MR) is 62.4 cm³/mol. The molecule has 1 aliphatic rings. The largest absolute Gasteiger partial charge is 0.392 e. The van der Waals surface area contributed by atoms with E-state index in [1.807, 2.05) is 18.2 Å². The Bertz CT molecular complexity index is 398. The standard InChI is InChI=1S/C13H15NO2/c1-10(15)13-9-12(16-14-13)8-7-11-5-3-2-4-6-11/h2-6,12H,7-9H2,1H3. The van der Waals surface area contributed by atoms with Crippen LogP contribution in [0.1, 0.15) is 25.3 Å². The number of hydrogen-bond acceptors (Lipinski definition) is 3. The number of nitrogens with zero attached hydrogens (tertiary/aromatic N) is 1. The molecule has 0 radical (unpaired) electrons. The van der Waals surface area contributed by atoms with Crippen molar-refractivity contribution in [1.82, 2.24) is 0 Å². The highest BCUT2D eigenvalue weighted by atomic mass is 16.6. The van der Waals surface area contributed by atoms with Crippen LogP contribution in [-0.4, -0.2) is 17.6 Å². The summed E-state index contributed by atoms with van der Waals surface area (Å²) in [6.45, 7) is 1.53. The van der Waals surface area contributed by atoms with Crippen LogP contribution in [0.25, 0.3) is 0 Å². The van der Waals surface area contributed by atoms with Crippen LogP contribution in [0.15, 0.2) is 35.5 Å². The van der Waals surface area contributed by atoms with Gasteiger partial charge in [0.05, 0.1) is 0 Å². The highest BCUT2D eigenvalue weighted by Crippen LogP contribution is 2.16. The van der Waals surface area contributed by atoms with Gasteiger partial charge >= 0.3 is 0 Å². The molecule has 1 aliphatic heterocycles. The summed E-state index contributed by atoms with van der Waals surface area (Å²) < 4.78 is 0. The smallest absolute Gasteiger partial charge is 0.177 e. The molecule has 0 amide bonds. The Morgan fingerprint density at radius 1 is 1.44 bits per heavy atom. The Hall–Kier alpha value is -1.64. The minimum atomic E-state index is 0.0159. The fourth-order valence-corrected chi connectivity index (χ4v) is 1.76. The van der Waals surface area contributed by atoms with Crippen LogP contribution in [-0.2, 0) is 16.1 Å². The van der Waals surface area contributed by atoms with Crippen molar-refractivity contribution in [1.29, 1.82) is 0 Å². The maximum atomic E-state index is 11.1. The average molecular weight is 217 g/mol. The van der Waals surface area contributed by atoms with Crippen molar-refractivity contribution in [2.75, 3.05) is 0 Å². The first-order valence-corrected chi connectivity index (χ1v) is 5.53. The monoisotopic (exact) mass is 217 g/mol. The van der Waals surface area contributed by atoms with Crippen LogP contribution in [0.4, 0.5) is 0 Å². The van der Waals surface area contributed by atoms with Gasteiger partial charge in [-0.1, -0.05) is 35.5 Å². The number of benzene rings is 1. The molecule has 0 N–H and O–H groups in total. The Morgan fingerprint density at radius 3 is 2.81 bits per heavy atom. The number of carbonyl (C=O) groups excluding carboxylic acids is 1. The summed E-state index contributed by atoms with van der Waals surface area (Å²) in [6.07, 6.45) is 2.60. The molecule has 3 heteroatoms. The van der Waals surface area contributed by atoms with E-state index in [2.05, 4.69) is 17.3 Å². The summed E-state index contributed by atoms with van der Waals surface area (Å²) in [4.78, 5) is 16.3. The van der Waals surface area contributed by atoms with E-state index in [-0.39, 0.29) is 11.9 Å². The van der Waals surface area contributed by atoms with E-state index in [4.69, 9.17) is 4.84 Å². The Labute approximate surface area is 95.1 Å². The van der Waals surface area contributed by atoms with Gasteiger partial charge < -0.3 is 4.84 Å². The number of aryl methyl sites for hydroxylation is 1. The number of ketones is 1. The van der Waals surface area contributed by atoms with E-state index in [0.717, 1.165) is 12.8 Å². The fraction of sp³-hybridized carbons (Fsp3) is 0.385. The zero-order valence-electron chi connectivity index (χ0n) is 9.35. The number of oxime groups is 1. The zero-order chi connectivity index (χ0) is 11.4. The van der Waals surface area contributed by atoms with Gasteiger partial charge in [-0.05, 0) is 18.4 Å². The molecule has 16 heavy (non-hydrogen) atoms. The molecular formula is C13H15NO2. The Balaban J connectivity index is 1.80. The van der Waals surface area contributed by atoms with Crippen LogP contribution in [0.2, 0.25) is 0 Å². The summed E-state index contributed by atoms with van der Waals surface area (Å²) in [7, 11) is 0. The summed E-state index contributed by atoms with van der Waals surface area (Å²) in [5.41, 5.74) is 1.86. The van der Waals surface area contributed by atoms with Crippen LogP contribution < -0.4 is 0 Å². The number of carbonyl (C=O) groups is 1. The second-order valence-corrected chi connectivity index (χ2v) is 4.05. The highest BCUT2D eigenvalue weighted by molar-refractivity contribution is 6.39. The molecule has 1 aromatic carbocycles. The molecule has 84 valence electrons. The first-order chi connectivity index (χ1) is 7.75. The summed E-state index contributed by atoms with van der Waals surface area (Å²) in [5, 5.41) is 3.80. The van der Waals surface area contributed by atoms with Gasteiger partial charge in [-0.15, -0.1) is 0 Å². The van der Waals surface area contributed by atoms with Crippen molar-refractivity contribution in [2.24, 2.45) is 5.16 Å². The minimum absolute atomic E-state index is 0.0159. The maximum absolute atomic E-state index is 11.1. The van der Waals surface area contributed by atoms with Crippen molar-refractivity contribution in [3.05, 3.63) is 35.9 Å². The molecule has 0 saturated heterocycles. The first kappa shape index (κ1) is 10.9. The summed E-state index contributed by atoms with van der Waals surface area (Å²) >= 11 is 0. The van der Waals surface area contributed by atoms with Gasteiger partial charge in [0.15, 0.2) is 5.78 Å². The predicted octanol–water partition coefficient (Wildman–Crippen LogP) is 2.35. The van der Waals surface area contributed by atoms with Crippen LogP contribution in [0, 0.1) is 0 Å². The Morgan fingerprint density at radius 2 is 2.19 bits per heavy atom. The van der Waals surface area contributed by atoms with Crippen LogP contribution in [0.3, 0.4) is 0 Å². The van der Waals surface area contributed by atoms with Crippen molar-refractivity contribution in [3.63, 3.8) is 0 Å². The van der Waals surface area contributed by atoms with Gasteiger partial charge in [-0.2, -0.15) is 0 Å². The van der Waals surface area contributed by atoms with Gasteiger partial charge in [0.25, 0.3) is 0 Å². The minimum Gasteiger partial charge on any atom is -0.392 e. The van der Waals surface area contributed by atoms with Gasteiger partial charge in [-0.3, -0.25) is 4.79 Å². The van der Waals surface area contributed by atoms with Crippen molar-refractivity contribution in [3.8, 4) is 0 Å².